The van der Waals surface area contributed by atoms with E-state index in [1.54, 1.807) is 0 Å². The summed E-state index contributed by atoms with van der Waals surface area (Å²) in [6, 6.07) is 0. The zero-order valence-corrected chi connectivity index (χ0v) is 55.3. The van der Waals surface area contributed by atoms with Crippen molar-refractivity contribution in [2.75, 3.05) is 66.0 Å². The number of thioether (sulfide) groups is 3. The van der Waals surface area contributed by atoms with Gasteiger partial charge in [0, 0.05) is 119 Å². The summed E-state index contributed by atoms with van der Waals surface area (Å²) in [4.78, 5) is 152. The van der Waals surface area contributed by atoms with Crippen LogP contribution in [0.5, 0.6) is 0 Å². The van der Waals surface area contributed by atoms with Crippen molar-refractivity contribution in [3.05, 3.63) is 0 Å². The Hall–Kier alpha value is -5.63. The van der Waals surface area contributed by atoms with Crippen LogP contribution in [0.2, 0.25) is 0 Å². The number of isothiocyanates is 1. The Morgan fingerprint density at radius 2 is 0.551 bits per heavy atom. The molecule has 3 rings (SSSR count). The average Bonchev–Trinajstić information content (AvgIpc) is 1.95. The van der Waals surface area contributed by atoms with Gasteiger partial charge in [-0.05, 0) is 50.7 Å². The molecule has 0 aromatic heterocycles. The lowest BCUT2D eigenvalue weighted by molar-refractivity contribution is -0.186. The summed E-state index contributed by atoms with van der Waals surface area (Å²) < 4.78 is 86.1. The molecule has 0 aromatic rings. The van der Waals surface area contributed by atoms with Crippen LogP contribution in [0, 0.1) is 5.41 Å². The smallest absolute Gasteiger partial charge is 0.303 e. The molecule has 3 aliphatic heterocycles. The van der Waals surface area contributed by atoms with Crippen molar-refractivity contribution in [2.45, 2.75) is 208 Å². The predicted octanol–water partition coefficient (Wildman–Crippen LogP) is 3.99. The monoisotopic (exact) mass is 1340 g/mol. The van der Waals surface area contributed by atoms with Gasteiger partial charge in [-0.25, -0.2) is 4.99 Å². The van der Waals surface area contributed by atoms with E-state index in [-0.39, 0.29) is 85.3 Å². The molecule has 3 aliphatic rings. The lowest BCUT2D eigenvalue weighted by Crippen LogP contribution is -2.58. The Morgan fingerprint density at radius 3 is 0.753 bits per heavy atom. The highest BCUT2D eigenvalue weighted by molar-refractivity contribution is 8.01. The zero-order valence-electron chi connectivity index (χ0n) is 52.1. The zero-order chi connectivity index (χ0) is 66.5. The van der Waals surface area contributed by atoms with Crippen LogP contribution < -0.4 is 0 Å². The number of carbonyl (C=O) groups excluding carboxylic acids is 12. The quantitative estimate of drug-likeness (QED) is 0.0284. The maximum absolute atomic E-state index is 12.6. The molecule has 3 heterocycles. The second kappa shape index (κ2) is 39.6. The molecular formula is C57H83NO27S4. The maximum Gasteiger partial charge on any atom is 0.303 e. The Labute approximate surface area is 534 Å². The molecule has 0 aromatic carbocycles. The van der Waals surface area contributed by atoms with Crippen LogP contribution >= 0.6 is 47.5 Å². The van der Waals surface area contributed by atoms with E-state index in [1.807, 2.05) is 0 Å². The molecule has 3 fully saturated rings. The van der Waals surface area contributed by atoms with Crippen molar-refractivity contribution < 1.29 is 129 Å². The lowest BCUT2D eigenvalue weighted by Gasteiger charge is -2.44. The van der Waals surface area contributed by atoms with Crippen molar-refractivity contribution in [2.24, 2.45) is 10.4 Å². The summed E-state index contributed by atoms with van der Waals surface area (Å²) in [5.41, 5.74) is -1.10. The predicted molar refractivity (Wildman–Crippen MR) is 318 cm³/mol. The third-order valence-electron chi connectivity index (χ3n) is 13.3. The van der Waals surface area contributed by atoms with Gasteiger partial charge in [0.15, 0.2) is 54.9 Å². The second-order valence-electron chi connectivity index (χ2n) is 21.2. The fraction of sp³-hybridized carbons (Fsp3) is 0.772. The molecule has 15 atom stereocenters. The summed E-state index contributed by atoms with van der Waals surface area (Å²) in [5.74, 6) is -8.35. The van der Waals surface area contributed by atoms with E-state index in [0.717, 1.165) is 41.5 Å². The van der Waals surface area contributed by atoms with Crippen molar-refractivity contribution in [1.29, 1.82) is 0 Å². The second-order valence-corrected chi connectivity index (χ2v) is 25.8. The Bertz CT molecular complexity index is 2230. The molecule has 0 bridgehead atoms. The fourth-order valence-corrected chi connectivity index (χ4v) is 15.1. The number of rotatable bonds is 35. The standard InChI is InChI=1S/C57H83NO27S4/c1-30(59)74-22-45-51(80-36(7)65)54(83-39(10)68)48(77-33(4)62)42(87-45)16-13-19-71-26-57(25-58-29-86,27-72-20-14-17-43-49(78-34(5)63)55(84-40(11)69)52(81-37(8)66)46(88-43)23-75-31(2)60)28-73-21-15-18-44-50(79-35(6)64)56(85-41(12)70)53(82-38(9)67)47(89-44)24-76-32(3)61/h42-56H,13-28H2,1-12H3/t42-,43-,44-,45+,46+,47+,48+,49+,50+,51-,52-,53-,54-,55-,56-/m1/s1. The number of aliphatic imine (C=N–C) groups is 1. The molecule has 0 aliphatic carbocycles. The minimum Gasteiger partial charge on any atom is -0.465 e. The largest absolute Gasteiger partial charge is 0.465 e. The fourth-order valence-electron chi connectivity index (χ4n) is 10.1. The molecule has 502 valence electrons. The topological polar surface area (TPSA) is 356 Å². The molecule has 0 spiro atoms. The van der Waals surface area contributed by atoms with E-state index in [4.69, 9.17) is 83.3 Å². The van der Waals surface area contributed by atoms with Gasteiger partial charge in [-0.2, -0.15) is 0 Å². The number of thiocarbonyl (C=S) groups is 1. The SMILES string of the molecule is CC(=O)OC[C@@H]1S[C@H](CCCOCC(CN=C=S)(COCCC[C@H]2S[C@@H](COC(C)=O)[C@@H](OC(C)=O)[C@H](OC(C)=O)[C@H]2OC(C)=O)COCCC[C@H]2S[C@@H](COC(C)=O)[C@@H](OC(C)=O)[C@H](OC(C)=O)[C@H]2OC(C)=O)[C@H](OC(C)=O)[C@@H](OC(C)=O)[C@@H]1OC(C)=O. The van der Waals surface area contributed by atoms with Gasteiger partial charge in [-0.1, -0.05) is 0 Å². The molecular weight excluding hydrogens is 1260 g/mol. The van der Waals surface area contributed by atoms with Gasteiger partial charge in [0.2, 0.25) is 0 Å². The van der Waals surface area contributed by atoms with E-state index >= 15 is 0 Å². The first-order valence-electron chi connectivity index (χ1n) is 28.6. The van der Waals surface area contributed by atoms with Gasteiger partial charge in [-0.3, -0.25) is 57.5 Å². The third-order valence-corrected chi connectivity index (χ3v) is 18.2. The van der Waals surface area contributed by atoms with Crippen LogP contribution in [0.3, 0.4) is 0 Å². The number of ether oxygens (including phenoxy) is 15. The van der Waals surface area contributed by atoms with Crippen LogP contribution in [0.4, 0.5) is 0 Å². The Kier molecular flexibility index (Phi) is 34.5. The minimum absolute atomic E-state index is 0.0399. The molecule has 0 N–H and O–H groups in total. The summed E-state index contributed by atoms with van der Waals surface area (Å²) in [6.45, 7) is 13.3. The highest BCUT2D eigenvalue weighted by Crippen LogP contribution is 2.43. The minimum atomic E-state index is -1.28. The first-order valence-corrected chi connectivity index (χ1v) is 31.9. The van der Waals surface area contributed by atoms with Crippen LogP contribution in [0.1, 0.15) is 122 Å². The lowest BCUT2D eigenvalue weighted by atomic mass is 9.91. The summed E-state index contributed by atoms with van der Waals surface area (Å²) in [5, 5.41) is -1.69. The molecule has 3 saturated heterocycles. The number of nitrogens with zero attached hydrogens (tertiary/aromatic N) is 1. The van der Waals surface area contributed by atoms with Gasteiger partial charge in [0.1, 0.15) is 19.8 Å². The Morgan fingerprint density at radius 1 is 0.337 bits per heavy atom. The van der Waals surface area contributed by atoms with Gasteiger partial charge in [0.05, 0.1) is 52.7 Å². The van der Waals surface area contributed by atoms with E-state index in [9.17, 15) is 57.5 Å². The normalized spacial score (nSPS) is 26.4. The summed E-state index contributed by atoms with van der Waals surface area (Å²) in [7, 11) is 0. The van der Waals surface area contributed by atoms with Crippen molar-refractivity contribution in [3.63, 3.8) is 0 Å². The Balaban J connectivity index is 1.97. The van der Waals surface area contributed by atoms with E-state index in [1.165, 1.54) is 76.8 Å². The average molecular weight is 1340 g/mol. The third kappa shape index (κ3) is 28.2. The molecule has 0 radical (unpaired) electrons. The number of hydrogen-bond donors (Lipinski definition) is 0. The summed E-state index contributed by atoms with van der Waals surface area (Å²) >= 11 is 8.71. The number of esters is 12. The molecule has 0 amide bonds. The van der Waals surface area contributed by atoms with E-state index < -0.39 is 163 Å². The number of hydrogen-bond acceptors (Lipinski definition) is 32. The van der Waals surface area contributed by atoms with E-state index in [0.29, 0.717) is 19.3 Å². The van der Waals surface area contributed by atoms with Crippen LogP contribution in [-0.2, 0) is 129 Å². The van der Waals surface area contributed by atoms with Crippen molar-refractivity contribution >= 4 is 124 Å². The molecule has 0 unspecified atom stereocenters. The van der Waals surface area contributed by atoms with E-state index in [2.05, 4.69) is 10.2 Å². The molecule has 89 heavy (non-hydrogen) atoms. The van der Waals surface area contributed by atoms with Gasteiger partial charge < -0.3 is 71.1 Å². The number of carbonyl (C=O) groups is 12. The van der Waals surface area contributed by atoms with Crippen molar-refractivity contribution in [3.8, 4) is 0 Å². The highest BCUT2D eigenvalue weighted by Gasteiger charge is 2.54. The van der Waals surface area contributed by atoms with Crippen LogP contribution in [-0.4, -0.2) is 229 Å². The van der Waals surface area contributed by atoms with Crippen LogP contribution in [0.15, 0.2) is 4.99 Å². The first-order chi connectivity index (χ1) is 41.9. The molecule has 0 saturated carbocycles. The first kappa shape index (κ1) is 77.6. The van der Waals surface area contributed by atoms with Gasteiger partial charge in [-0.15, -0.1) is 35.3 Å². The summed E-state index contributed by atoms with van der Waals surface area (Å²) in [6.07, 6.45) is -8.97. The highest BCUT2D eigenvalue weighted by atomic mass is 32.2. The van der Waals surface area contributed by atoms with Crippen molar-refractivity contribution in [1.82, 2.24) is 0 Å². The van der Waals surface area contributed by atoms with Gasteiger partial charge >= 0.3 is 71.6 Å². The molecule has 28 nitrogen and oxygen atoms in total. The van der Waals surface area contributed by atoms with Crippen LogP contribution in [0.25, 0.3) is 0 Å². The maximum atomic E-state index is 12.6. The molecule has 32 heteroatoms. The van der Waals surface area contributed by atoms with Gasteiger partial charge in [0.25, 0.3) is 0 Å².